The minimum Gasteiger partial charge on any atom is -0.353 e. The zero-order chi connectivity index (χ0) is 19.0. The van der Waals surface area contributed by atoms with Crippen LogP contribution in [0.15, 0.2) is 42.6 Å². The van der Waals surface area contributed by atoms with Crippen LogP contribution in [0.4, 0.5) is 11.5 Å². The normalized spacial score (nSPS) is 14.6. The van der Waals surface area contributed by atoms with E-state index in [4.69, 9.17) is 0 Å². The van der Waals surface area contributed by atoms with E-state index in [0.717, 1.165) is 20.5 Å². The van der Waals surface area contributed by atoms with Crippen LogP contribution >= 0.6 is 11.3 Å². The summed E-state index contributed by atoms with van der Waals surface area (Å²) in [7, 11) is 0. The summed E-state index contributed by atoms with van der Waals surface area (Å²) in [6, 6.07) is 11.2. The molecule has 1 aliphatic heterocycles. The molecule has 3 aromatic rings. The Hall–Kier alpha value is -3.00. The van der Waals surface area contributed by atoms with Gasteiger partial charge in [-0.15, -0.1) is 11.3 Å². The summed E-state index contributed by atoms with van der Waals surface area (Å²) in [5.74, 6) is 0.774. The molecule has 2 aromatic heterocycles. The Morgan fingerprint density at radius 2 is 1.89 bits per heavy atom. The molecule has 7 nitrogen and oxygen atoms in total. The molecule has 8 heteroatoms. The van der Waals surface area contributed by atoms with Crippen LogP contribution in [0.2, 0.25) is 0 Å². The summed E-state index contributed by atoms with van der Waals surface area (Å²) in [6.07, 6.45) is 1.27. The number of anilines is 1. The van der Waals surface area contributed by atoms with Crippen LogP contribution in [0.3, 0.4) is 0 Å². The number of hydrogen-bond acceptors (Lipinski definition) is 6. The molecule has 1 saturated heterocycles. The lowest BCUT2D eigenvalue weighted by Crippen LogP contribution is -2.49. The molecule has 3 heterocycles. The average Bonchev–Trinajstić information content (AvgIpc) is 3.04. The zero-order valence-electron chi connectivity index (χ0n) is 14.8. The van der Waals surface area contributed by atoms with Crippen molar-refractivity contribution in [1.82, 2.24) is 9.88 Å². The van der Waals surface area contributed by atoms with E-state index < -0.39 is 4.92 Å². The molecule has 0 bridgehead atoms. The smallest absolute Gasteiger partial charge is 0.287 e. The van der Waals surface area contributed by atoms with E-state index in [0.29, 0.717) is 32.0 Å². The van der Waals surface area contributed by atoms with Gasteiger partial charge in [-0.05, 0) is 30.0 Å². The third kappa shape index (κ3) is 3.23. The molecule has 138 valence electrons. The Kier molecular flexibility index (Phi) is 4.49. The lowest BCUT2D eigenvalue weighted by Gasteiger charge is -2.35. The van der Waals surface area contributed by atoms with E-state index in [-0.39, 0.29) is 11.6 Å². The standard InChI is InChI=1S/C19H18N4O3S/c1-13-15-4-2-3-5-16(15)27-18(13)19(24)22-10-8-21(9-11-22)17-7-6-14(12-20-17)23(25)26/h2-7,12H,8-11H2,1H3. The van der Waals surface area contributed by atoms with Crippen LogP contribution in [0.5, 0.6) is 0 Å². The maximum absolute atomic E-state index is 13.0. The fourth-order valence-electron chi connectivity index (χ4n) is 3.33. The number of aryl methyl sites for hydroxylation is 1. The second-order valence-electron chi connectivity index (χ2n) is 6.46. The molecule has 0 unspecified atom stereocenters. The van der Waals surface area contributed by atoms with Gasteiger partial charge in [0.15, 0.2) is 0 Å². The molecule has 1 aliphatic rings. The number of nitro groups is 1. The average molecular weight is 382 g/mol. The van der Waals surface area contributed by atoms with Crippen molar-refractivity contribution in [1.29, 1.82) is 0 Å². The maximum Gasteiger partial charge on any atom is 0.287 e. The number of rotatable bonds is 3. The van der Waals surface area contributed by atoms with Crippen molar-refractivity contribution >= 4 is 38.8 Å². The first kappa shape index (κ1) is 17.4. The van der Waals surface area contributed by atoms with Gasteiger partial charge in [0.2, 0.25) is 0 Å². The minimum absolute atomic E-state index is 0.0206. The minimum atomic E-state index is -0.458. The topological polar surface area (TPSA) is 79.6 Å². The Bertz CT molecular complexity index is 1010. The second kappa shape index (κ2) is 6.96. The summed E-state index contributed by atoms with van der Waals surface area (Å²) in [5.41, 5.74) is 1.02. The van der Waals surface area contributed by atoms with Gasteiger partial charge in [0.05, 0.1) is 9.80 Å². The summed E-state index contributed by atoms with van der Waals surface area (Å²) in [4.78, 5) is 32.2. The van der Waals surface area contributed by atoms with Crippen molar-refractivity contribution in [3.8, 4) is 0 Å². The quantitative estimate of drug-likeness (QED) is 0.512. The first-order valence-corrected chi connectivity index (χ1v) is 9.49. The number of piperazine rings is 1. The SMILES string of the molecule is Cc1c(C(=O)N2CCN(c3ccc([N+](=O)[O-])cn3)CC2)sc2ccccc12. The Morgan fingerprint density at radius 1 is 1.15 bits per heavy atom. The first-order valence-electron chi connectivity index (χ1n) is 8.67. The van der Waals surface area contributed by atoms with Crippen molar-refractivity contribution in [3.63, 3.8) is 0 Å². The lowest BCUT2D eigenvalue weighted by atomic mass is 10.1. The highest BCUT2D eigenvalue weighted by Gasteiger charge is 2.26. The molecule has 4 rings (SSSR count). The monoisotopic (exact) mass is 382 g/mol. The van der Waals surface area contributed by atoms with Gasteiger partial charge in [-0.3, -0.25) is 14.9 Å². The van der Waals surface area contributed by atoms with Gasteiger partial charge in [-0.2, -0.15) is 0 Å². The molecule has 0 atom stereocenters. The van der Waals surface area contributed by atoms with Crippen LogP contribution < -0.4 is 4.90 Å². The van der Waals surface area contributed by atoms with Gasteiger partial charge < -0.3 is 9.80 Å². The van der Waals surface area contributed by atoms with Crippen LogP contribution in [-0.2, 0) is 0 Å². The molecule has 1 amide bonds. The number of pyridine rings is 1. The number of hydrogen-bond donors (Lipinski definition) is 0. The highest BCUT2D eigenvalue weighted by Crippen LogP contribution is 2.31. The zero-order valence-corrected chi connectivity index (χ0v) is 15.6. The number of aromatic nitrogens is 1. The molecule has 0 aliphatic carbocycles. The van der Waals surface area contributed by atoms with Crippen LogP contribution in [0.25, 0.3) is 10.1 Å². The van der Waals surface area contributed by atoms with Crippen LogP contribution in [0.1, 0.15) is 15.2 Å². The number of nitrogens with zero attached hydrogens (tertiary/aromatic N) is 4. The summed E-state index contributed by atoms with van der Waals surface area (Å²) >= 11 is 1.55. The predicted molar refractivity (Wildman–Crippen MR) is 106 cm³/mol. The molecule has 0 spiro atoms. The molecule has 0 saturated carbocycles. The van der Waals surface area contributed by atoms with E-state index in [1.54, 1.807) is 17.4 Å². The molecule has 27 heavy (non-hydrogen) atoms. The van der Waals surface area contributed by atoms with E-state index in [9.17, 15) is 14.9 Å². The largest absolute Gasteiger partial charge is 0.353 e. The van der Waals surface area contributed by atoms with Crippen LogP contribution in [-0.4, -0.2) is 46.9 Å². The first-order chi connectivity index (χ1) is 13.0. The maximum atomic E-state index is 13.0. The number of fused-ring (bicyclic) bond motifs is 1. The highest BCUT2D eigenvalue weighted by molar-refractivity contribution is 7.21. The van der Waals surface area contributed by atoms with Gasteiger partial charge in [0.25, 0.3) is 11.6 Å². The van der Waals surface area contributed by atoms with E-state index in [1.165, 1.54) is 12.3 Å². The number of carbonyl (C=O) groups excluding carboxylic acids is 1. The lowest BCUT2D eigenvalue weighted by molar-refractivity contribution is -0.385. The highest BCUT2D eigenvalue weighted by atomic mass is 32.1. The van der Waals surface area contributed by atoms with Gasteiger partial charge in [0.1, 0.15) is 12.0 Å². The molecular weight excluding hydrogens is 364 g/mol. The number of benzene rings is 1. The van der Waals surface area contributed by atoms with Crippen molar-refractivity contribution < 1.29 is 9.72 Å². The van der Waals surface area contributed by atoms with E-state index in [2.05, 4.69) is 11.1 Å². The van der Waals surface area contributed by atoms with Crippen molar-refractivity contribution in [2.75, 3.05) is 31.1 Å². The van der Waals surface area contributed by atoms with Crippen molar-refractivity contribution in [2.45, 2.75) is 6.92 Å². The molecule has 0 radical (unpaired) electrons. The fourth-order valence-corrected chi connectivity index (χ4v) is 4.51. The van der Waals surface area contributed by atoms with E-state index in [1.807, 2.05) is 34.9 Å². The summed E-state index contributed by atoms with van der Waals surface area (Å²) < 4.78 is 1.13. The Labute approximate surface area is 160 Å². The van der Waals surface area contributed by atoms with Crippen molar-refractivity contribution in [2.24, 2.45) is 0 Å². The van der Waals surface area contributed by atoms with Gasteiger partial charge in [0, 0.05) is 36.9 Å². The van der Waals surface area contributed by atoms with Crippen molar-refractivity contribution in [3.05, 3.63) is 63.1 Å². The van der Waals surface area contributed by atoms with E-state index >= 15 is 0 Å². The predicted octanol–water partition coefficient (Wildman–Crippen LogP) is 3.48. The molecule has 1 aromatic carbocycles. The summed E-state index contributed by atoms with van der Waals surface area (Å²) in [5, 5.41) is 11.9. The van der Waals surface area contributed by atoms with Gasteiger partial charge in [-0.1, -0.05) is 18.2 Å². The second-order valence-corrected chi connectivity index (χ2v) is 7.52. The fraction of sp³-hybridized carbons (Fsp3) is 0.263. The third-order valence-electron chi connectivity index (χ3n) is 4.87. The number of carbonyl (C=O) groups is 1. The van der Waals surface area contributed by atoms with Gasteiger partial charge in [-0.25, -0.2) is 4.98 Å². The van der Waals surface area contributed by atoms with Crippen LogP contribution in [0, 0.1) is 17.0 Å². The number of amides is 1. The number of thiophene rings is 1. The summed E-state index contributed by atoms with van der Waals surface area (Å²) in [6.45, 7) is 4.51. The third-order valence-corrected chi connectivity index (χ3v) is 6.13. The molecular formula is C19H18N4O3S. The molecule has 0 N–H and O–H groups in total. The molecule has 1 fully saturated rings. The Balaban J connectivity index is 1.46. The van der Waals surface area contributed by atoms with Gasteiger partial charge >= 0.3 is 0 Å². The Morgan fingerprint density at radius 3 is 2.52 bits per heavy atom.